The lowest BCUT2D eigenvalue weighted by molar-refractivity contribution is -0.237. The smallest absolute Gasteiger partial charge is 0.174 e. The molecule has 1 aliphatic heterocycles. The number of benzene rings is 2. The lowest BCUT2D eigenvalue weighted by Crippen LogP contribution is -2.51. The average molecular weight is 419 g/mol. The highest BCUT2D eigenvalue weighted by Crippen LogP contribution is 2.67. The summed E-state index contributed by atoms with van der Waals surface area (Å²) in [5.74, 6) is 3.44. The van der Waals surface area contributed by atoms with Crippen LogP contribution in [0.15, 0.2) is 48.5 Å². The van der Waals surface area contributed by atoms with Gasteiger partial charge >= 0.3 is 0 Å². The highest BCUT2D eigenvalue weighted by molar-refractivity contribution is 5.41. The molecule has 0 aromatic heterocycles. The van der Waals surface area contributed by atoms with E-state index in [1.165, 1.54) is 30.4 Å². The second-order valence-electron chi connectivity index (χ2n) is 10.6. The van der Waals surface area contributed by atoms with E-state index in [1.807, 2.05) is 6.07 Å². The molecule has 1 saturated heterocycles. The molecule has 5 atom stereocenters. The molecule has 31 heavy (non-hydrogen) atoms. The fraction of sp³-hybridized carbons (Fsp3) is 0.571. The molecule has 0 bridgehead atoms. The van der Waals surface area contributed by atoms with E-state index in [0.29, 0.717) is 24.4 Å². The molecule has 0 N–H and O–H groups in total. The van der Waals surface area contributed by atoms with Gasteiger partial charge in [0.15, 0.2) is 5.79 Å². The maximum absolute atomic E-state index is 6.33. The summed E-state index contributed by atoms with van der Waals surface area (Å²) in [6, 6.07) is 17.3. The van der Waals surface area contributed by atoms with Gasteiger partial charge in [-0.1, -0.05) is 50.2 Å². The largest absolute Gasteiger partial charge is 0.489 e. The first-order valence-corrected chi connectivity index (χ1v) is 12.2. The first kappa shape index (κ1) is 19.8. The Bertz CT molecular complexity index is 948. The Hall–Kier alpha value is -1.84. The first-order chi connectivity index (χ1) is 15.1. The van der Waals surface area contributed by atoms with Crippen molar-refractivity contribution in [2.45, 2.75) is 64.3 Å². The van der Waals surface area contributed by atoms with E-state index in [0.717, 1.165) is 37.7 Å². The lowest BCUT2D eigenvalue weighted by atomic mass is 9.53. The van der Waals surface area contributed by atoms with Crippen molar-refractivity contribution in [1.29, 1.82) is 0 Å². The molecule has 3 heteroatoms. The van der Waals surface area contributed by atoms with Crippen molar-refractivity contribution in [2.75, 3.05) is 13.2 Å². The molecule has 0 radical (unpaired) electrons. The van der Waals surface area contributed by atoms with E-state index in [2.05, 4.69) is 56.3 Å². The van der Waals surface area contributed by atoms with E-state index in [9.17, 15) is 0 Å². The van der Waals surface area contributed by atoms with Gasteiger partial charge in [-0.2, -0.15) is 0 Å². The third kappa shape index (κ3) is 3.00. The van der Waals surface area contributed by atoms with Crippen molar-refractivity contribution in [2.24, 2.45) is 23.2 Å². The Morgan fingerprint density at radius 2 is 1.84 bits per heavy atom. The summed E-state index contributed by atoms with van der Waals surface area (Å²) >= 11 is 0. The topological polar surface area (TPSA) is 27.7 Å². The SMILES string of the molecule is CC1CC2(OCCO2)[C@@]2(C)CCC3c4ccc(OCc5ccccc5)cc4CC[C@H]3C12. The first-order valence-electron chi connectivity index (χ1n) is 12.2. The molecule has 2 saturated carbocycles. The second-order valence-corrected chi connectivity index (χ2v) is 10.6. The average Bonchev–Trinajstić information content (AvgIpc) is 3.35. The molecule has 164 valence electrons. The van der Waals surface area contributed by atoms with Crippen LogP contribution in [0.5, 0.6) is 5.75 Å². The van der Waals surface area contributed by atoms with E-state index in [4.69, 9.17) is 14.2 Å². The maximum atomic E-state index is 6.33. The van der Waals surface area contributed by atoms with Crippen LogP contribution >= 0.6 is 0 Å². The van der Waals surface area contributed by atoms with Gasteiger partial charge in [-0.25, -0.2) is 0 Å². The number of hydrogen-bond acceptors (Lipinski definition) is 3. The predicted molar refractivity (Wildman–Crippen MR) is 121 cm³/mol. The zero-order chi connectivity index (χ0) is 21.1. The Labute approximate surface area is 186 Å². The minimum absolute atomic E-state index is 0.153. The fourth-order valence-corrected chi connectivity index (χ4v) is 7.82. The van der Waals surface area contributed by atoms with Gasteiger partial charge in [-0.3, -0.25) is 0 Å². The molecule has 3 nitrogen and oxygen atoms in total. The molecular formula is C28H34O3. The summed E-state index contributed by atoms with van der Waals surface area (Å²) in [5, 5.41) is 0. The molecule has 2 aromatic rings. The van der Waals surface area contributed by atoms with Crippen LogP contribution in [0.25, 0.3) is 0 Å². The van der Waals surface area contributed by atoms with Crippen molar-refractivity contribution in [3.05, 3.63) is 65.2 Å². The Morgan fingerprint density at radius 1 is 1.03 bits per heavy atom. The maximum Gasteiger partial charge on any atom is 0.174 e. The third-order valence-electron chi connectivity index (χ3n) is 9.03. The van der Waals surface area contributed by atoms with Gasteiger partial charge in [0.1, 0.15) is 12.4 Å². The van der Waals surface area contributed by atoms with Gasteiger partial charge < -0.3 is 14.2 Å². The van der Waals surface area contributed by atoms with Crippen molar-refractivity contribution in [3.8, 4) is 5.75 Å². The molecule has 2 aromatic carbocycles. The van der Waals surface area contributed by atoms with Crippen LogP contribution in [0, 0.1) is 23.2 Å². The minimum atomic E-state index is -0.322. The van der Waals surface area contributed by atoms with Crippen molar-refractivity contribution < 1.29 is 14.2 Å². The van der Waals surface area contributed by atoms with Crippen molar-refractivity contribution in [1.82, 2.24) is 0 Å². The predicted octanol–water partition coefficient (Wildman–Crippen LogP) is 6.11. The van der Waals surface area contributed by atoms with E-state index >= 15 is 0 Å². The molecule has 3 fully saturated rings. The Morgan fingerprint density at radius 3 is 2.65 bits per heavy atom. The van der Waals surface area contributed by atoms with Gasteiger partial charge in [0.25, 0.3) is 0 Å². The van der Waals surface area contributed by atoms with Crippen LogP contribution in [0.2, 0.25) is 0 Å². The minimum Gasteiger partial charge on any atom is -0.489 e. The summed E-state index contributed by atoms with van der Waals surface area (Å²) in [6.07, 6.45) is 5.95. The highest BCUT2D eigenvalue weighted by atomic mass is 16.7. The molecule has 4 aliphatic rings. The van der Waals surface area contributed by atoms with Crippen LogP contribution in [0.3, 0.4) is 0 Å². The fourth-order valence-electron chi connectivity index (χ4n) is 7.82. The van der Waals surface area contributed by atoms with E-state index in [-0.39, 0.29) is 11.2 Å². The third-order valence-corrected chi connectivity index (χ3v) is 9.03. The van der Waals surface area contributed by atoms with Crippen LogP contribution in [-0.4, -0.2) is 19.0 Å². The summed E-state index contributed by atoms with van der Waals surface area (Å²) in [4.78, 5) is 0. The van der Waals surface area contributed by atoms with Crippen LogP contribution in [0.1, 0.15) is 62.1 Å². The zero-order valence-electron chi connectivity index (χ0n) is 18.8. The summed E-state index contributed by atoms with van der Waals surface area (Å²) in [7, 11) is 0. The summed E-state index contributed by atoms with van der Waals surface area (Å²) in [5.41, 5.74) is 4.45. The van der Waals surface area contributed by atoms with Crippen molar-refractivity contribution in [3.63, 3.8) is 0 Å². The van der Waals surface area contributed by atoms with Gasteiger partial charge in [0.2, 0.25) is 0 Å². The van der Waals surface area contributed by atoms with Crippen LogP contribution in [0.4, 0.5) is 0 Å². The Kier molecular flexibility index (Phi) is 4.70. The number of ether oxygens (including phenoxy) is 3. The van der Waals surface area contributed by atoms with Crippen LogP contribution < -0.4 is 4.74 Å². The van der Waals surface area contributed by atoms with E-state index < -0.39 is 0 Å². The molecule has 0 amide bonds. The normalized spacial score (nSPS) is 35.4. The molecule has 3 aliphatic carbocycles. The van der Waals surface area contributed by atoms with Crippen LogP contribution in [-0.2, 0) is 22.5 Å². The molecule has 1 spiro atoms. The zero-order valence-corrected chi connectivity index (χ0v) is 18.8. The molecule has 3 unspecified atom stereocenters. The molecular weight excluding hydrogens is 384 g/mol. The standard InChI is InChI=1S/C28H34O3/c1-19-17-28(30-14-15-31-28)27(2)13-12-24-23-11-9-22(29-18-20-6-4-3-5-7-20)16-21(23)8-10-25(24)26(19)27/h3-7,9,11,16,19,24-26H,8,10,12-15,17-18H2,1-2H3/t19?,24?,25-,26?,27+/m1/s1. The van der Waals surface area contributed by atoms with Crippen molar-refractivity contribution >= 4 is 0 Å². The number of aryl methyl sites for hydroxylation is 1. The number of fused-ring (bicyclic) bond motifs is 6. The summed E-state index contributed by atoms with van der Waals surface area (Å²) in [6.45, 7) is 7.07. The molecule has 6 rings (SSSR count). The monoisotopic (exact) mass is 418 g/mol. The number of rotatable bonds is 3. The number of hydrogen-bond donors (Lipinski definition) is 0. The van der Waals surface area contributed by atoms with E-state index in [1.54, 1.807) is 5.56 Å². The van der Waals surface area contributed by atoms with Gasteiger partial charge in [-0.05, 0) is 78.2 Å². The van der Waals surface area contributed by atoms with Gasteiger partial charge in [-0.15, -0.1) is 0 Å². The second kappa shape index (κ2) is 7.35. The lowest BCUT2D eigenvalue weighted by Gasteiger charge is -2.53. The van der Waals surface area contributed by atoms with Gasteiger partial charge in [0, 0.05) is 11.8 Å². The highest BCUT2D eigenvalue weighted by Gasteiger charge is 2.67. The summed E-state index contributed by atoms with van der Waals surface area (Å²) < 4.78 is 18.8. The van der Waals surface area contributed by atoms with Gasteiger partial charge in [0.05, 0.1) is 13.2 Å². The molecule has 1 heterocycles. The quantitative estimate of drug-likeness (QED) is 0.602. The Balaban J connectivity index is 1.24.